The van der Waals surface area contributed by atoms with Gasteiger partial charge in [-0.3, -0.25) is 9.69 Å². The van der Waals surface area contributed by atoms with Gasteiger partial charge in [0.15, 0.2) is 0 Å². The van der Waals surface area contributed by atoms with Crippen LogP contribution < -0.4 is 15.5 Å². The molecular formula is C25H32F3N3O2. The first kappa shape index (κ1) is 26.2. The molecule has 0 aliphatic heterocycles. The van der Waals surface area contributed by atoms with Crippen LogP contribution in [0.5, 0.6) is 0 Å². The second-order valence-corrected chi connectivity index (χ2v) is 8.04. The second-order valence-electron chi connectivity index (χ2n) is 8.04. The molecule has 0 aromatic heterocycles. The van der Waals surface area contributed by atoms with Gasteiger partial charge in [0.1, 0.15) is 0 Å². The molecule has 3 amide bonds. The van der Waals surface area contributed by atoms with Gasteiger partial charge < -0.3 is 10.6 Å². The summed E-state index contributed by atoms with van der Waals surface area (Å²) in [6.07, 6.45) is -1.11. The molecule has 8 heteroatoms. The molecule has 0 aliphatic rings. The number of nitrogens with one attached hydrogen (secondary N) is 2. The third kappa shape index (κ3) is 8.11. The minimum atomic E-state index is -4.53. The van der Waals surface area contributed by atoms with Crippen LogP contribution in [-0.4, -0.2) is 25.0 Å². The Kier molecular flexibility index (Phi) is 9.75. The van der Waals surface area contributed by atoms with Crippen LogP contribution >= 0.6 is 0 Å². The molecule has 0 fully saturated rings. The molecule has 33 heavy (non-hydrogen) atoms. The first-order chi connectivity index (χ1) is 15.7. The van der Waals surface area contributed by atoms with Gasteiger partial charge in [0.2, 0.25) is 5.91 Å². The molecule has 1 atom stereocenters. The number of alkyl halides is 3. The predicted molar refractivity (Wildman–Crippen MR) is 125 cm³/mol. The third-order valence-electron chi connectivity index (χ3n) is 5.40. The molecule has 0 spiro atoms. The molecule has 2 aromatic rings. The number of carbonyl (C=O) groups is 2. The lowest BCUT2D eigenvalue weighted by Crippen LogP contribution is -2.42. The Morgan fingerprint density at radius 3 is 2.42 bits per heavy atom. The number of carbonyl (C=O) groups excluding carboxylic acids is 2. The predicted octanol–water partition coefficient (Wildman–Crippen LogP) is 6.38. The van der Waals surface area contributed by atoms with Gasteiger partial charge in [0.05, 0.1) is 5.56 Å². The van der Waals surface area contributed by atoms with Crippen molar-refractivity contribution in [1.29, 1.82) is 0 Å². The van der Waals surface area contributed by atoms with Crippen molar-refractivity contribution >= 4 is 23.3 Å². The van der Waals surface area contributed by atoms with Gasteiger partial charge >= 0.3 is 12.2 Å². The number of anilines is 2. The zero-order chi connectivity index (χ0) is 24.4. The van der Waals surface area contributed by atoms with Crippen molar-refractivity contribution in [2.45, 2.75) is 52.6 Å². The molecule has 1 unspecified atom stereocenters. The van der Waals surface area contributed by atoms with Crippen LogP contribution in [0, 0.1) is 12.8 Å². The van der Waals surface area contributed by atoms with E-state index in [9.17, 15) is 22.8 Å². The van der Waals surface area contributed by atoms with Gasteiger partial charge in [-0.15, -0.1) is 0 Å². The van der Waals surface area contributed by atoms with E-state index in [0.29, 0.717) is 12.1 Å². The maximum Gasteiger partial charge on any atom is 0.416 e. The van der Waals surface area contributed by atoms with Crippen molar-refractivity contribution < 1.29 is 22.8 Å². The van der Waals surface area contributed by atoms with Gasteiger partial charge in [0.25, 0.3) is 0 Å². The van der Waals surface area contributed by atoms with Crippen molar-refractivity contribution in [3.8, 4) is 0 Å². The number of nitrogens with zero attached hydrogens (tertiary/aromatic N) is 1. The molecule has 0 radical (unpaired) electrons. The summed E-state index contributed by atoms with van der Waals surface area (Å²) < 4.78 is 39.7. The zero-order valence-electron chi connectivity index (χ0n) is 19.3. The van der Waals surface area contributed by atoms with Crippen LogP contribution in [0.3, 0.4) is 0 Å². The van der Waals surface area contributed by atoms with E-state index in [1.807, 2.05) is 19.9 Å². The fourth-order valence-electron chi connectivity index (χ4n) is 3.52. The summed E-state index contributed by atoms with van der Waals surface area (Å²) in [7, 11) is 0. The summed E-state index contributed by atoms with van der Waals surface area (Å²) in [5.41, 5.74) is 0.722. The van der Waals surface area contributed by atoms with Crippen molar-refractivity contribution in [1.82, 2.24) is 5.32 Å². The standard InChI is InChI=1S/C25H32F3N3O2/c1-4-6-10-19(5-2)23(32)29-14-15-31(22-13-8-11-20(17-22)25(26,27)28)24(33)30-21-12-7-9-18(3)16-21/h7-9,11-13,16-17,19H,4-6,10,14-15H2,1-3H3,(H,29,32)(H,30,33). The topological polar surface area (TPSA) is 61.4 Å². The first-order valence-corrected chi connectivity index (χ1v) is 11.3. The number of hydrogen-bond donors (Lipinski definition) is 2. The number of amides is 3. The third-order valence-corrected chi connectivity index (χ3v) is 5.40. The molecule has 2 rings (SSSR count). The van der Waals surface area contributed by atoms with Crippen molar-refractivity contribution in [2.24, 2.45) is 5.92 Å². The summed E-state index contributed by atoms with van der Waals surface area (Å²) in [6, 6.07) is 11.2. The maximum absolute atomic E-state index is 13.2. The normalized spacial score (nSPS) is 12.2. The largest absolute Gasteiger partial charge is 0.416 e. The average molecular weight is 464 g/mol. The SMILES string of the molecule is CCCCC(CC)C(=O)NCCN(C(=O)Nc1cccc(C)c1)c1cccc(C(F)(F)F)c1. The minimum absolute atomic E-state index is 0.0227. The highest BCUT2D eigenvalue weighted by atomic mass is 19.4. The van der Waals surface area contributed by atoms with Crippen molar-refractivity contribution in [3.63, 3.8) is 0 Å². The monoisotopic (exact) mass is 463 g/mol. The quantitative estimate of drug-likeness (QED) is 0.429. The van der Waals surface area contributed by atoms with Crippen LogP contribution in [-0.2, 0) is 11.0 Å². The van der Waals surface area contributed by atoms with E-state index in [1.54, 1.807) is 18.2 Å². The Balaban J connectivity index is 2.18. The van der Waals surface area contributed by atoms with Gasteiger partial charge in [0, 0.05) is 30.4 Å². The highest BCUT2D eigenvalue weighted by Crippen LogP contribution is 2.31. The van der Waals surface area contributed by atoms with Gasteiger partial charge in [-0.05, 0) is 55.7 Å². The Morgan fingerprint density at radius 2 is 1.79 bits per heavy atom. The minimum Gasteiger partial charge on any atom is -0.354 e. The number of benzene rings is 2. The summed E-state index contributed by atoms with van der Waals surface area (Å²) in [5, 5.41) is 5.57. The molecule has 0 saturated carbocycles. The van der Waals surface area contributed by atoms with E-state index >= 15 is 0 Å². The highest BCUT2D eigenvalue weighted by Gasteiger charge is 2.31. The molecule has 2 aromatic carbocycles. The maximum atomic E-state index is 13.2. The number of aryl methyl sites for hydroxylation is 1. The number of unbranched alkanes of at least 4 members (excludes halogenated alkanes) is 1. The molecule has 2 N–H and O–H groups in total. The van der Waals surface area contributed by atoms with Crippen LogP contribution in [0.2, 0.25) is 0 Å². The van der Waals surface area contributed by atoms with E-state index in [2.05, 4.69) is 17.6 Å². The zero-order valence-corrected chi connectivity index (χ0v) is 19.3. The fraction of sp³-hybridized carbons (Fsp3) is 0.440. The molecule has 0 aliphatic carbocycles. The fourth-order valence-corrected chi connectivity index (χ4v) is 3.52. The van der Waals surface area contributed by atoms with E-state index in [-0.39, 0.29) is 30.6 Å². The smallest absolute Gasteiger partial charge is 0.354 e. The molecule has 5 nitrogen and oxygen atoms in total. The van der Waals surface area contributed by atoms with E-state index in [1.165, 1.54) is 17.0 Å². The van der Waals surface area contributed by atoms with Gasteiger partial charge in [-0.25, -0.2) is 4.79 Å². The summed E-state index contributed by atoms with van der Waals surface area (Å²) in [6.45, 7) is 6.03. The molecule has 180 valence electrons. The second kappa shape index (κ2) is 12.3. The molecule has 0 heterocycles. The van der Waals surface area contributed by atoms with E-state index in [0.717, 1.165) is 37.0 Å². The summed E-state index contributed by atoms with van der Waals surface area (Å²) >= 11 is 0. The van der Waals surface area contributed by atoms with Crippen LogP contribution in [0.4, 0.5) is 29.3 Å². The Hall–Kier alpha value is -3.03. The highest BCUT2D eigenvalue weighted by molar-refractivity contribution is 6.01. The van der Waals surface area contributed by atoms with E-state index < -0.39 is 17.8 Å². The van der Waals surface area contributed by atoms with Gasteiger partial charge in [-0.2, -0.15) is 13.2 Å². The molecule has 0 bridgehead atoms. The molecular weight excluding hydrogens is 431 g/mol. The van der Waals surface area contributed by atoms with Crippen LogP contribution in [0.15, 0.2) is 48.5 Å². The van der Waals surface area contributed by atoms with Gasteiger partial charge in [-0.1, -0.05) is 44.9 Å². The lowest BCUT2D eigenvalue weighted by atomic mass is 9.98. The molecule has 0 saturated heterocycles. The first-order valence-electron chi connectivity index (χ1n) is 11.3. The average Bonchev–Trinajstić information content (AvgIpc) is 2.76. The summed E-state index contributed by atoms with van der Waals surface area (Å²) in [5.74, 6) is -0.220. The number of halogens is 3. The summed E-state index contributed by atoms with van der Waals surface area (Å²) in [4.78, 5) is 26.7. The van der Waals surface area contributed by atoms with Crippen LogP contribution in [0.25, 0.3) is 0 Å². The van der Waals surface area contributed by atoms with Crippen molar-refractivity contribution in [3.05, 3.63) is 59.7 Å². The Bertz CT molecular complexity index is 931. The number of hydrogen-bond acceptors (Lipinski definition) is 2. The lowest BCUT2D eigenvalue weighted by Gasteiger charge is -2.25. The Morgan fingerprint density at radius 1 is 1.06 bits per heavy atom. The van der Waals surface area contributed by atoms with Crippen LogP contribution in [0.1, 0.15) is 50.7 Å². The van der Waals surface area contributed by atoms with E-state index in [4.69, 9.17) is 0 Å². The Labute approximate surface area is 193 Å². The lowest BCUT2D eigenvalue weighted by molar-refractivity contribution is -0.137. The number of rotatable bonds is 10. The van der Waals surface area contributed by atoms with Crippen molar-refractivity contribution in [2.75, 3.05) is 23.3 Å². The number of urea groups is 1.